The molecule has 0 radical (unpaired) electrons. The van der Waals surface area contributed by atoms with Crippen molar-refractivity contribution in [2.75, 3.05) is 31.2 Å². The number of rotatable bonds is 4. The van der Waals surface area contributed by atoms with Gasteiger partial charge in [-0.2, -0.15) is 0 Å². The Kier molecular flexibility index (Phi) is 5.56. The van der Waals surface area contributed by atoms with Crippen LogP contribution in [0.3, 0.4) is 0 Å². The van der Waals surface area contributed by atoms with E-state index in [-0.39, 0.29) is 23.6 Å². The van der Waals surface area contributed by atoms with Gasteiger partial charge in [0.1, 0.15) is 22.8 Å². The molecule has 0 unspecified atom stereocenters. The van der Waals surface area contributed by atoms with Gasteiger partial charge in [0.25, 0.3) is 0 Å². The van der Waals surface area contributed by atoms with E-state index in [0.717, 1.165) is 24.8 Å². The summed E-state index contributed by atoms with van der Waals surface area (Å²) in [4.78, 5) is 20.3. The number of ether oxygens (including phenoxy) is 1. The van der Waals surface area contributed by atoms with Crippen LogP contribution in [0.5, 0.6) is 0 Å². The summed E-state index contributed by atoms with van der Waals surface area (Å²) in [6, 6.07) is 9.75. The third kappa shape index (κ3) is 3.89. The zero-order valence-electron chi connectivity index (χ0n) is 18.4. The number of thiophene rings is 1. The minimum absolute atomic E-state index is 0.0306. The van der Waals surface area contributed by atoms with Gasteiger partial charge in [-0.15, -0.1) is 11.3 Å². The second-order valence-electron chi connectivity index (χ2n) is 8.13. The molecule has 176 valence electrons. The van der Waals surface area contributed by atoms with Crippen LogP contribution in [0.1, 0.15) is 5.69 Å². The topological polar surface area (TPSA) is 84.3 Å². The highest BCUT2D eigenvalue weighted by Crippen LogP contribution is 2.34. The summed E-state index contributed by atoms with van der Waals surface area (Å²) in [5.74, 6) is -1.46. The number of aliphatic hydroxyl groups is 1. The van der Waals surface area contributed by atoms with Crippen molar-refractivity contribution in [3.63, 3.8) is 0 Å². The predicted molar refractivity (Wildman–Crippen MR) is 130 cm³/mol. The highest BCUT2D eigenvalue weighted by molar-refractivity contribution is 7.16. The number of benzene rings is 2. The average molecular weight is 492 g/mol. The zero-order chi connectivity index (χ0) is 23.9. The van der Waals surface area contributed by atoms with Crippen LogP contribution < -0.4 is 4.90 Å². The Bertz CT molecular complexity index is 1570. The molecule has 1 N–H and O–H groups in total. The summed E-state index contributed by atoms with van der Waals surface area (Å²) in [7, 11) is 0. The number of aliphatic hydroxyl groups excluding tert-OH is 1. The van der Waals surface area contributed by atoms with Crippen molar-refractivity contribution in [2.45, 2.75) is 6.61 Å². The molecule has 0 spiro atoms. The molecule has 35 heavy (non-hydrogen) atoms. The van der Waals surface area contributed by atoms with Crippen LogP contribution >= 0.6 is 11.3 Å². The lowest BCUT2D eigenvalue weighted by Gasteiger charge is -2.29. The highest BCUT2D eigenvalue weighted by atomic mass is 32.1. The molecule has 5 aromatic rings. The smallest absolute Gasteiger partial charge is 0.164 e. The van der Waals surface area contributed by atoms with E-state index in [1.165, 1.54) is 23.7 Å². The number of halogens is 2. The summed E-state index contributed by atoms with van der Waals surface area (Å²) in [6.07, 6.45) is 1.38. The Morgan fingerprint density at radius 3 is 2.60 bits per heavy atom. The number of nitrogens with zero attached hydrogens (tertiary/aromatic N) is 5. The molecule has 7 nitrogen and oxygen atoms in total. The SMILES string of the molecule is OCc1nc(-c2cc(-c3ncnc4cc(N5CCOCC5)ccc34)c(F)cc2F)nc2sccc12. The largest absolute Gasteiger partial charge is 0.390 e. The monoisotopic (exact) mass is 491 g/mol. The first kappa shape index (κ1) is 21.9. The molecule has 0 amide bonds. The molecule has 6 rings (SSSR count). The van der Waals surface area contributed by atoms with Crippen LogP contribution in [0.2, 0.25) is 0 Å². The quantitative estimate of drug-likeness (QED) is 0.394. The molecule has 1 aliphatic heterocycles. The second-order valence-corrected chi connectivity index (χ2v) is 9.02. The van der Waals surface area contributed by atoms with Crippen molar-refractivity contribution < 1.29 is 18.6 Å². The number of morpholine rings is 1. The summed E-state index contributed by atoms with van der Waals surface area (Å²) < 4.78 is 35.4. The lowest BCUT2D eigenvalue weighted by Crippen LogP contribution is -2.36. The lowest BCUT2D eigenvalue weighted by atomic mass is 10.0. The molecule has 0 atom stereocenters. The van der Waals surface area contributed by atoms with Crippen molar-refractivity contribution in [1.29, 1.82) is 0 Å². The molecule has 1 saturated heterocycles. The van der Waals surface area contributed by atoms with E-state index in [1.807, 2.05) is 23.6 Å². The van der Waals surface area contributed by atoms with Gasteiger partial charge in [-0.25, -0.2) is 28.7 Å². The first-order valence-electron chi connectivity index (χ1n) is 11.0. The van der Waals surface area contributed by atoms with E-state index >= 15 is 4.39 Å². The first-order chi connectivity index (χ1) is 17.1. The van der Waals surface area contributed by atoms with E-state index in [2.05, 4.69) is 24.8 Å². The third-order valence-electron chi connectivity index (χ3n) is 6.10. The standard InChI is InChI=1S/C25H19F2N5O2S/c26-19-11-20(27)18(24-30-22(12-33)16-3-8-35-25(16)31-24)10-17(19)23-15-2-1-14(9-21(15)28-13-29-23)32-4-6-34-7-5-32/h1-3,8-11,13,33H,4-7,12H2. The molecular formula is C25H19F2N5O2S. The molecule has 1 aliphatic rings. The Labute approximate surface area is 202 Å². The maximum atomic E-state index is 15.1. The minimum Gasteiger partial charge on any atom is -0.390 e. The fourth-order valence-electron chi connectivity index (χ4n) is 4.34. The highest BCUT2D eigenvalue weighted by Gasteiger charge is 2.20. The maximum absolute atomic E-state index is 15.1. The Morgan fingerprint density at radius 1 is 0.943 bits per heavy atom. The second kappa shape index (κ2) is 8.88. The molecule has 4 heterocycles. The van der Waals surface area contributed by atoms with Gasteiger partial charge in [-0.05, 0) is 35.7 Å². The number of anilines is 1. The van der Waals surface area contributed by atoms with E-state index in [0.29, 0.717) is 45.7 Å². The fourth-order valence-corrected chi connectivity index (χ4v) is 5.12. The van der Waals surface area contributed by atoms with Crippen molar-refractivity contribution >= 4 is 38.1 Å². The van der Waals surface area contributed by atoms with E-state index in [4.69, 9.17) is 4.74 Å². The van der Waals surface area contributed by atoms with Crippen LogP contribution in [-0.4, -0.2) is 51.3 Å². The van der Waals surface area contributed by atoms with Crippen molar-refractivity contribution in [1.82, 2.24) is 19.9 Å². The normalized spacial score (nSPS) is 14.2. The molecule has 3 aromatic heterocycles. The van der Waals surface area contributed by atoms with Crippen molar-refractivity contribution in [3.8, 4) is 22.6 Å². The van der Waals surface area contributed by atoms with Gasteiger partial charge in [-0.3, -0.25) is 0 Å². The van der Waals surface area contributed by atoms with Gasteiger partial charge in [0, 0.05) is 41.2 Å². The van der Waals surface area contributed by atoms with Crippen molar-refractivity contribution in [2.24, 2.45) is 0 Å². The lowest BCUT2D eigenvalue weighted by molar-refractivity contribution is 0.122. The molecule has 0 aliphatic carbocycles. The number of hydrogen-bond donors (Lipinski definition) is 1. The van der Waals surface area contributed by atoms with Gasteiger partial charge in [0.15, 0.2) is 5.82 Å². The fraction of sp³-hybridized carbons (Fsp3) is 0.200. The van der Waals surface area contributed by atoms with Crippen LogP contribution in [-0.2, 0) is 11.3 Å². The summed E-state index contributed by atoms with van der Waals surface area (Å²) >= 11 is 1.36. The molecule has 1 fully saturated rings. The van der Waals surface area contributed by atoms with Crippen LogP contribution in [0.25, 0.3) is 43.8 Å². The van der Waals surface area contributed by atoms with E-state index in [9.17, 15) is 9.50 Å². The van der Waals surface area contributed by atoms with Crippen LogP contribution in [0.4, 0.5) is 14.5 Å². The van der Waals surface area contributed by atoms with Gasteiger partial charge in [0.05, 0.1) is 42.3 Å². The summed E-state index contributed by atoms with van der Waals surface area (Å²) in [6.45, 7) is 2.57. The maximum Gasteiger partial charge on any atom is 0.164 e. The Balaban J connectivity index is 1.48. The van der Waals surface area contributed by atoms with E-state index < -0.39 is 11.6 Å². The molecule has 0 saturated carbocycles. The van der Waals surface area contributed by atoms with Gasteiger partial charge in [-0.1, -0.05) is 0 Å². The molecule has 10 heteroatoms. The Hall–Kier alpha value is -3.60. The number of fused-ring (bicyclic) bond motifs is 2. The first-order valence-corrected chi connectivity index (χ1v) is 11.9. The Morgan fingerprint density at radius 2 is 1.77 bits per heavy atom. The zero-order valence-corrected chi connectivity index (χ0v) is 19.2. The predicted octanol–water partition coefficient (Wildman–Crippen LogP) is 4.58. The third-order valence-corrected chi connectivity index (χ3v) is 6.91. The average Bonchev–Trinajstić information content (AvgIpc) is 3.37. The molecule has 2 aromatic carbocycles. The molecule has 0 bridgehead atoms. The number of hydrogen-bond acceptors (Lipinski definition) is 8. The van der Waals surface area contributed by atoms with Gasteiger partial charge in [0.2, 0.25) is 0 Å². The van der Waals surface area contributed by atoms with Crippen LogP contribution in [0.15, 0.2) is 48.1 Å². The van der Waals surface area contributed by atoms with E-state index in [1.54, 1.807) is 6.07 Å². The van der Waals surface area contributed by atoms with Gasteiger partial charge < -0.3 is 14.7 Å². The molecular weight excluding hydrogens is 472 g/mol. The van der Waals surface area contributed by atoms with Crippen molar-refractivity contribution in [3.05, 3.63) is 65.4 Å². The number of aromatic nitrogens is 4. The summed E-state index contributed by atoms with van der Waals surface area (Å²) in [5, 5.41) is 12.9. The van der Waals surface area contributed by atoms with Crippen LogP contribution in [0, 0.1) is 11.6 Å². The van der Waals surface area contributed by atoms with Gasteiger partial charge >= 0.3 is 0 Å². The summed E-state index contributed by atoms with van der Waals surface area (Å²) in [5.41, 5.74) is 2.54. The minimum atomic E-state index is -0.793.